The van der Waals surface area contributed by atoms with Gasteiger partial charge in [0.2, 0.25) is 5.91 Å². The van der Waals surface area contributed by atoms with Gasteiger partial charge in [-0.15, -0.1) is 0 Å². The highest BCUT2D eigenvalue weighted by molar-refractivity contribution is 5.92. The molecule has 110 valence electrons. The Morgan fingerprint density at radius 3 is 3.05 bits per heavy atom. The van der Waals surface area contributed by atoms with Crippen molar-refractivity contribution in [3.8, 4) is 0 Å². The van der Waals surface area contributed by atoms with Crippen molar-refractivity contribution in [3.05, 3.63) is 30.1 Å². The predicted octanol–water partition coefficient (Wildman–Crippen LogP) is 2.00. The summed E-state index contributed by atoms with van der Waals surface area (Å²) in [5.74, 6) is -0.550. The van der Waals surface area contributed by atoms with Crippen LogP contribution in [0.4, 0.5) is 10.1 Å². The average molecular weight is 280 g/mol. The topological polar surface area (TPSA) is 52.6 Å². The lowest BCUT2D eigenvalue weighted by Crippen LogP contribution is -2.48. The van der Waals surface area contributed by atoms with Crippen LogP contribution < -0.4 is 5.32 Å². The van der Waals surface area contributed by atoms with E-state index in [1.807, 2.05) is 4.90 Å². The van der Waals surface area contributed by atoms with E-state index in [9.17, 15) is 14.3 Å². The third-order valence-electron chi connectivity index (χ3n) is 3.68. The Balaban J connectivity index is 1.93. The van der Waals surface area contributed by atoms with Crippen molar-refractivity contribution in [1.29, 1.82) is 0 Å². The van der Waals surface area contributed by atoms with Gasteiger partial charge in [0, 0.05) is 11.7 Å². The Kier molecular flexibility index (Phi) is 5.09. The number of rotatable bonds is 4. The first kappa shape index (κ1) is 14.9. The number of anilines is 1. The summed E-state index contributed by atoms with van der Waals surface area (Å²) in [6, 6.07) is 5.87. The number of aliphatic hydroxyl groups excluding tert-OH is 1. The molecule has 2 unspecified atom stereocenters. The van der Waals surface area contributed by atoms with Gasteiger partial charge in [0.25, 0.3) is 0 Å². The first-order valence-electron chi connectivity index (χ1n) is 7.04. The van der Waals surface area contributed by atoms with Crippen LogP contribution in [-0.2, 0) is 4.79 Å². The summed E-state index contributed by atoms with van der Waals surface area (Å²) in [7, 11) is 0. The molecular formula is C15H21FN2O2. The second-order valence-corrected chi connectivity index (χ2v) is 5.33. The number of carbonyl (C=O) groups excluding carboxylic acids is 1. The Bertz CT molecular complexity index is 465. The van der Waals surface area contributed by atoms with Gasteiger partial charge in [-0.3, -0.25) is 9.69 Å². The second kappa shape index (κ2) is 6.81. The standard InChI is InChI=1S/C15H21FN2O2/c1-11(19)14-7-2-3-8-18(14)10-15(20)17-13-6-4-5-12(16)9-13/h4-6,9,11,14,19H,2-3,7-8,10H2,1H3,(H,17,20). The molecule has 1 amide bonds. The lowest BCUT2D eigenvalue weighted by Gasteiger charge is -2.36. The van der Waals surface area contributed by atoms with Crippen molar-refractivity contribution < 1.29 is 14.3 Å². The SMILES string of the molecule is CC(O)C1CCCCN1CC(=O)Nc1cccc(F)c1. The van der Waals surface area contributed by atoms with Gasteiger partial charge in [-0.05, 0) is 44.5 Å². The summed E-state index contributed by atoms with van der Waals surface area (Å²) >= 11 is 0. The van der Waals surface area contributed by atoms with Crippen molar-refractivity contribution in [1.82, 2.24) is 4.90 Å². The summed E-state index contributed by atoms with van der Waals surface area (Å²) < 4.78 is 13.0. The van der Waals surface area contributed by atoms with Gasteiger partial charge in [-0.2, -0.15) is 0 Å². The van der Waals surface area contributed by atoms with E-state index in [2.05, 4.69) is 5.32 Å². The molecular weight excluding hydrogens is 259 g/mol. The molecule has 0 aromatic heterocycles. The number of aliphatic hydroxyl groups is 1. The molecule has 1 heterocycles. The highest BCUT2D eigenvalue weighted by Gasteiger charge is 2.27. The second-order valence-electron chi connectivity index (χ2n) is 5.33. The van der Waals surface area contributed by atoms with Crippen LogP contribution in [0.25, 0.3) is 0 Å². The maximum Gasteiger partial charge on any atom is 0.238 e. The van der Waals surface area contributed by atoms with E-state index in [1.54, 1.807) is 19.1 Å². The van der Waals surface area contributed by atoms with Crippen molar-refractivity contribution >= 4 is 11.6 Å². The Morgan fingerprint density at radius 1 is 1.55 bits per heavy atom. The fourth-order valence-corrected chi connectivity index (χ4v) is 2.71. The molecule has 1 aromatic carbocycles. The largest absolute Gasteiger partial charge is 0.392 e. The molecule has 2 N–H and O–H groups in total. The molecule has 1 saturated heterocycles. The average Bonchev–Trinajstić information content (AvgIpc) is 2.38. The predicted molar refractivity (Wildman–Crippen MR) is 75.9 cm³/mol. The summed E-state index contributed by atoms with van der Waals surface area (Å²) in [6.45, 7) is 2.80. The number of amides is 1. The third-order valence-corrected chi connectivity index (χ3v) is 3.68. The first-order chi connectivity index (χ1) is 9.56. The number of benzene rings is 1. The Labute approximate surface area is 118 Å². The van der Waals surface area contributed by atoms with Gasteiger partial charge in [-0.1, -0.05) is 12.5 Å². The van der Waals surface area contributed by atoms with E-state index in [-0.39, 0.29) is 24.3 Å². The zero-order valence-corrected chi connectivity index (χ0v) is 11.7. The molecule has 0 radical (unpaired) electrons. The van der Waals surface area contributed by atoms with Crippen LogP contribution >= 0.6 is 0 Å². The monoisotopic (exact) mass is 280 g/mol. The fraction of sp³-hybridized carbons (Fsp3) is 0.533. The minimum atomic E-state index is -0.447. The Hall–Kier alpha value is -1.46. The Morgan fingerprint density at radius 2 is 2.35 bits per heavy atom. The van der Waals surface area contributed by atoms with Crippen LogP contribution in [0.15, 0.2) is 24.3 Å². The van der Waals surface area contributed by atoms with E-state index in [4.69, 9.17) is 0 Å². The summed E-state index contributed by atoms with van der Waals surface area (Å²) in [5.41, 5.74) is 0.459. The molecule has 4 nitrogen and oxygen atoms in total. The molecule has 5 heteroatoms. The summed E-state index contributed by atoms with van der Waals surface area (Å²) in [5, 5.41) is 12.5. The number of halogens is 1. The molecule has 1 aliphatic rings. The molecule has 1 aromatic rings. The quantitative estimate of drug-likeness (QED) is 0.887. The number of hydrogen-bond acceptors (Lipinski definition) is 3. The third kappa shape index (κ3) is 4.02. The van der Waals surface area contributed by atoms with Gasteiger partial charge in [0.1, 0.15) is 5.82 Å². The normalized spacial score (nSPS) is 21.4. The maximum atomic E-state index is 13.0. The van der Waals surface area contributed by atoms with E-state index in [1.165, 1.54) is 12.1 Å². The fourth-order valence-electron chi connectivity index (χ4n) is 2.71. The van der Waals surface area contributed by atoms with Gasteiger partial charge in [-0.25, -0.2) is 4.39 Å². The van der Waals surface area contributed by atoms with Crippen LogP contribution in [0, 0.1) is 5.82 Å². The van der Waals surface area contributed by atoms with Gasteiger partial charge < -0.3 is 10.4 Å². The summed E-state index contributed by atoms with van der Waals surface area (Å²) in [6.07, 6.45) is 2.58. The lowest BCUT2D eigenvalue weighted by atomic mass is 9.98. The minimum absolute atomic E-state index is 0.0296. The van der Waals surface area contributed by atoms with E-state index in [0.29, 0.717) is 5.69 Å². The molecule has 0 bridgehead atoms. The number of nitrogens with one attached hydrogen (secondary N) is 1. The summed E-state index contributed by atoms with van der Waals surface area (Å²) in [4.78, 5) is 14.0. The highest BCUT2D eigenvalue weighted by Crippen LogP contribution is 2.19. The van der Waals surface area contributed by atoms with Crippen LogP contribution in [0.3, 0.4) is 0 Å². The molecule has 0 spiro atoms. The minimum Gasteiger partial charge on any atom is -0.392 e. The maximum absolute atomic E-state index is 13.0. The molecule has 0 aliphatic carbocycles. The van der Waals surface area contributed by atoms with Crippen LogP contribution in [0.2, 0.25) is 0 Å². The van der Waals surface area contributed by atoms with Crippen molar-refractivity contribution in [2.45, 2.75) is 38.3 Å². The van der Waals surface area contributed by atoms with Crippen LogP contribution in [-0.4, -0.2) is 41.1 Å². The number of carbonyl (C=O) groups is 1. The van der Waals surface area contributed by atoms with Crippen LogP contribution in [0.5, 0.6) is 0 Å². The first-order valence-corrected chi connectivity index (χ1v) is 7.04. The number of likely N-dealkylation sites (tertiary alicyclic amines) is 1. The van der Waals surface area contributed by atoms with Gasteiger partial charge >= 0.3 is 0 Å². The molecule has 2 rings (SSSR count). The molecule has 0 saturated carbocycles. The highest BCUT2D eigenvalue weighted by atomic mass is 19.1. The molecule has 1 aliphatic heterocycles. The number of nitrogens with zero attached hydrogens (tertiary/aromatic N) is 1. The van der Waals surface area contributed by atoms with E-state index >= 15 is 0 Å². The van der Waals surface area contributed by atoms with Gasteiger partial charge in [0.05, 0.1) is 12.6 Å². The number of piperidine rings is 1. The van der Waals surface area contributed by atoms with E-state index in [0.717, 1.165) is 25.8 Å². The van der Waals surface area contributed by atoms with E-state index < -0.39 is 6.10 Å². The van der Waals surface area contributed by atoms with Crippen LogP contribution in [0.1, 0.15) is 26.2 Å². The smallest absolute Gasteiger partial charge is 0.238 e. The molecule has 2 atom stereocenters. The van der Waals surface area contributed by atoms with Crippen molar-refractivity contribution in [2.75, 3.05) is 18.4 Å². The number of hydrogen-bond donors (Lipinski definition) is 2. The van der Waals surface area contributed by atoms with Crippen molar-refractivity contribution in [3.63, 3.8) is 0 Å². The van der Waals surface area contributed by atoms with Gasteiger partial charge in [0.15, 0.2) is 0 Å². The molecule has 20 heavy (non-hydrogen) atoms. The van der Waals surface area contributed by atoms with Crippen molar-refractivity contribution in [2.24, 2.45) is 0 Å². The lowest BCUT2D eigenvalue weighted by molar-refractivity contribution is -0.118. The zero-order valence-electron chi connectivity index (χ0n) is 11.7. The molecule has 1 fully saturated rings. The zero-order chi connectivity index (χ0) is 14.5.